The van der Waals surface area contributed by atoms with E-state index < -0.39 is 157 Å². The van der Waals surface area contributed by atoms with Crippen molar-refractivity contribution in [3.05, 3.63) is 46.6 Å². The number of aliphatic hydroxyl groups is 3. The maximum absolute atomic E-state index is 14.0. The lowest BCUT2D eigenvalue weighted by molar-refractivity contribution is -0.360. The van der Waals surface area contributed by atoms with Crippen LogP contribution in [0.15, 0.2) is 45.6 Å². The fourth-order valence-electron chi connectivity index (χ4n) is 7.80. The third-order valence-corrected chi connectivity index (χ3v) is 10.6. The summed E-state index contributed by atoms with van der Waals surface area (Å²) in [5.41, 5.74) is -1.18. The van der Waals surface area contributed by atoms with Gasteiger partial charge in [-0.1, -0.05) is 0 Å². The molecule has 0 saturated carbocycles. The van der Waals surface area contributed by atoms with Gasteiger partial charge in [-0.3, -0.25) is 28.8 Å². The number of ether oxygens (including phenoxy) is 11. The van der Waals surface area contributed by atoms with Gasteiger partial charge in [-0.15, -0.1) is 0 Å². The highest BCUT2D eigenvalue weighted by Crippen LogP contribution is 2.39. The van der Waals surface area contributed by atoms with Gasteiger partial charge in [-0.05, 0) is 38.1 Å². The number of esters is 5. The molecule has 366 valence electrons. The Bertz CT molecular complexity index is 2360. The van der Waals surface area contributed by atoms with E-state index in [0.717, 1.165) is 46.8 Å². The molecule has 0 spiro atoms. The van der Waals surface area contributed by atoms with Crippen LogP contribution in [0.2, 0.25) is 0 Å². The lowest BCUT2D eigenvalue weighted by atomic mass is 9.96. The van der Waals surface area contributed by atoms with Gasteiger partial charge in [-0.2, -0.15) is 0 Å². The Morgan fingerprint density at radius 2 is 1.09 bits per heavy atom. The minimum absolute atomic E-state index is 0.127. The fourth-order valence-corrected chi connectivity index (χ4v) is 7.80. The predicted molar refractivity (Wildman–Crippen MR) is 217 cm³/mol. The quantitative estimate of drug-likeness (QED) is 0.0992. The van der Waals surface area contributed by atoms with Gasteiger partial charge in [0.05, 0.1) is 18.8 Å². The van der Waals surface area contributed by atoms with Gasteiger partial charge in [0.15, 0.2) is 48.9 Å². The van der Waals surface area contributed by atoms with Crippen LogP contribution in [0.1, 0.15) is 48.5 Å². The van der Waals surface area contributed by atoms with Crippen molar-refractivity contribution in [3.8, 4) is 34.3 Å². The number of aliphatic hydroxyl groups excluding tert-OH is 3. The first kappa shape index (κ1) is 50.3. The summed E-state index contributed by atoms with van der Waals surface area (Å²) in [4.78, 5) is 76.0. The smallest absolute Gasteiger partial charge is 0.303 e. The van der Waals surface area contributed by atoms with Crippen molar-refractivity contribution in [3.63, 3.8) is 0 Å². The van der Waals surface area contributed by atoms with Crippen molar-refractivity contribution in [2.24, 2.45) is 0 Å². The van der Waals surface area contributed by atoms with Gasteiger partial charge in [0.1, 0.15) is 58.7 Å². The number of benzene rings is 2. The third-order valence-electron chi connectivity index (χ3n) is 10.6. The highest BCUT2D eigenvalue weighted by molar-refractivity contribution is 5.88. The molecule has 3 fully saturated rings. The molecular weight excluding hydrogens is 900 g/mol. The summed E-state index contributed by atoms with van der Waals surface area (Å²) in [7, 11) is 0. The first-order valence-electron chi connectivity index (χ1n) is 20.7. The van der Waals surface area contributed by atoms with Crippen molar-refractivity contribution in [2.75, 3.05) is 6.61 Å². The molecule has 3 aromatic rings. The molecule has 6 rings (SSSR count). The first-order chi connectivity index (χ1) is 31.5. The molecule has 24 heteroatoms. The minimum atomic E-state index is -2.07. The molecule has 1 aromatic heterocycles. The lowest BCUT2D eigenvalue weighted by Gasteiger charge is -2.48. The van der Waals surface area contributed by atoms with Crippen molar-refractivity contribution >= 4 is 40.8 Å². The molecule has 15 unspecified atom stereocenters. The Labute approximate surface area is 379 Å². The monoisotopic (exact) mass is 950 g/mol. The number of phenolic OH excluding ortho intramolecular Hbond substituents is 3. The zero-order valence-corrected chi connectivity index (χ0v) is 36.9. The van der Waals surface area contributed by atoms with Gasteiger partial charge in [0, 0.05) is 52.3 Å². The van der Waals surface area contributed by atoms with Crippen molar-refractivity contribution in [1.82, 2.24) is 0 Å². The maximum atomic E-state index is 14.0. The Hall–Kier alpha value is -6.12. The number of carbonyl (C=O) groups excluding carboxylic acids is 5. The number of carbonyl (C=O) groups is 5. The molecule has 15 atom stereocenters. The molecule has 3 aliphatic heterocycles. The molecule has 6 N–H and O–H groups in total. The van der Waals surface area contributed by atoms with Crippen LogP contribution in [0.5, 0.6) is 23.0 Å². The lowest BCUT2D eigenvalue weighted by Crippen LogP contribution is -2.66. The van der Waals surface area contributed by atoms with Crippen LogP contribution in [0.3, 0.4) is 0 Å². The summed E-state index contributed by atoms with van der Waals surface area (Å²) in [6.07, 6.45) is -24.8. The van der Waals surface area contributed by atoms with Crippen LogP contribution < -0.4 is 10.2 Å². The fraction of sp³-hybridized carbons (Fsp3) is 0.535. The van der Waals surface area contributed by atoms with Crippen LogP contribution in [-0.2, 0) is 71.3 Å². The topological polar surface area (TPSA) is 338 Å². The van der Waals surface area contributed by atoms with Crippen molar-refractivity contribution in [2.45, 2.75) is 141 Å². The number of aromatic hydroxyl groups is 3. The molecule has 4 heterocycles. The second kappa shape index (κ2) is 20.8. The summed E-state index contributed by atoms with van der Waals surface area (Å²) in [6.45, 7) is 7.34. The van der Waals surface area contributed by atoms with E-state index >= 15 is 0 Å². The van der Waals surface area contributed by atoms with E-state index in [0.29, 0.717) is 0 Å². The highest BCUT2D eigenvalue weighted by atomic mass is 16.8. The second-order valence-electron chi connectivity index (χ2n) is 15.8. The van der Waals surface area contributed by atoms with Crippen LogP contribution in [-0.4, -0.2) is 159 Å². The van der Waals surface area contributed by atoms with E-state index in [2.05, 4.69) is 0 Å². The zero-order valence-electron chi connectivity index (χ0n) is 36.9. The molecular formula is C43H50O24. The maximum Gasteiger partial charge on any atom is 0.303 e. The zero-order chi connectivity index (χ0) is 49.2. The summed E-state index contributed by atoms with van der Waals surface area (Å²) < 4.78 is 69.6. The average molecular weight is 951 g/mol. The summed E-state index contributed by atoms with van der Waals surface area (Å²) in [5, 5.41) is 63.5. The van der Waals surface area contributed by atoms with Crippen LogP contribution >= 0.6 is 0 Å². The molecule has 0 bridgehead atoms. The van der Waals surface area contributed by atoms with Crippen LogP contribution in [0, 0.1) is 0 Å². The van der Waals surface area contributed by atoms with Crippen molar-refractivity contribution in [1.29, 1.82) is 0 Å². The second-order valence-corrected chi connectivity index (χ2v) is 15.8. The molecule has 0 radical (unpaired) electrons. The largest absolute Gasteiger partial charge is 0.508 e. The standard InChI is InChI=1S/C43H50O24/c1-15-34(60-18(4)45)38(67-43-40(63-21(7)48)37(61-19(5)46)33(16(2)58-43)59-17(3)44)39(62-20(6)47)42(57-15)56-14-27-29(52)31(54)32(55)41(65-27)66-36-30(53)28-25(51)12-24(50)13-26(28)64-35(36)22-8-10-23(49)11-9-22/h8-13,15-16,27,29,31-34,37-43,49-52,54-55H,14H2,1-7H3. The van der Waals surface area contributed by atoms with Gasteiger partial charge in [-0.25, -0.2) is 0 Å². The molecule has 67 heavy (non-hydrogen) atoms. The van der Waals surface area contributed by atoms with Gasteiger partial charge >= 0.3 is 29.8 Å². The molecule has 0 amide bonds. The van der Waals surface area contributed by atoms with E-state index in [1.54, 1.807) is 0 Å². The molecule has 24 nitrogen and oxygen atoms in total. The Kier molecular flexibility index (Phi) is 15.6. The number of hydrogen-bond donors (Lipinski definition) is 6. The van der Waals surface area contributed by atoms with Crippen LogP contribution in [0.4, 0.5) is 0 Å². The summed E-state index contributed by atoms with van der Waals surface area (Å²) in [6, 6.07) is 7.10. The normalized spacial score (nSPS) is 31.8. The molecule has 3 saturated heterocycles. The minimum Gasteiger partial charge on any atom is -0.508 e. The van der Waals surface area contributed by atoms with Gasteiger partial charge in [0.25, 0.3) is 0 Å². The SMILES string of the molecule is CC(=O)OC1C(C)OC(OC2C(OC(C)=O)C(C)OC(OCC3OC(Oc4c(-c5ccc(O)cc5)oc5cc(O)cc(O)c5c4=O)C(O)C(O)C3O)C2OC(C)=O)C(OC(C)=O)C1OC(C)=O. The highest BCUT2D eigenvalue weighted by Gasteiger charge is 2.57. The van der Waals surface area contributed by atoms with Gasteiger partial charge < -0.3 is 87.2 Å². The van der Waals surface area contributed by atoms with Gasteiger partial charge in [0.2, 0.25) is 17.5 Å². The molecule has 3 aliphatic rings. The number of phenols is 3. The number of hydrogen-bond acceptors (Lipinski definition) is 24. The van der Waals surface area contributed by atoms with Crippen LogP contribution in [0.25, 0.3) is 22.3 Å². The van der Waals surface area contributed by atoms with E-state index in [1.165, 1.54) is 38.1 Å². The predicted octanol–water partition coefficient (Wildman–Crippen LogP) is 0.313. The molecule has 0 aliphatic carbocycles. The summed E-state index contributed by atoms with van der Waals surface area (Å²) >= 11 is 0. The number of fused-ring (bicyclic) bond motifs is 1. The summed E-state index contributed by atoms with van der Waals surface area (Å²) in [5.74, 6) is -6.71. The Morgan fingerprint density at radius 3 is 1.66 bits per heavy atom. The third kappa shape index (κ3) is 11.4. The average Bonchev–Trinajstić information content (AvgIpc) is 3.22. The molecule has 2 aromatic carbocycles. The van der Waals surface area contributed by atoms with E-state index in [4.69, 9.17) is 56.5 Å². The van der Waals surface area contributed by atoms with Crippen molar-refractivity contribution < 1.29 is 111 Å². The Balaban J connectivity index is 1.31. The first-order valence-corrected chi connectivity index (χ1v) is 20.7. The van der Waals surface area contributed by atoms with E-state index in [1.807, 2.05) is 0 Å². The number of rotatable bonds is 13. The Morgan fingerprint density at radius 1 is 0.582 bits per heavy atom. The van der Waals surface area contributed by atoms with E-state index in [-0.39, 0.29) is 22.7 Å². The van der Waals surface area contributed by atoms with E-state index in [9.17, 15) is 59.4 Å².